The quantitative estimate of drug-likeness (QED) is 0.789. The molecule has 2 unspecified atom stereocenters. The first-order valence-corrected chi connectivity index (χ1v) is 7.34. The van der Waals surface area contributed by atoms with E-state index in [4.69, 9.17) is 5.73 Å². The molecule has 2 rings (SSSR count). The first-order chi connectivity index (χ1) is 9.11. The molecule has 108 valence electrons. The summed E-state index contributed by atoms with van der Waals surface area (Å²) in [6, 6.07) is 0. The molecule has 2 amide bonds. The number of hydrogen-bond acceptors (Lipinski definition) is 3. The molecule has 1 heterocycles. The van der Waals surface area contributed by atoms with Crippen molar-refractivity contribution in [1.82, 2.24) is 9.80 Å². The highest BCUT2D eigenvalue weighted by molar-refractivity contribution is 5.86. The zero-order chi connectivity index (χ0) is 13.8. The summed E-state index contributed by atoms with van der Waals surface area (Å²) in [5, 5.41) is 0. The van der Waals surface area contributed by atoms with E-state index < -0.39 is 0 Å². The summed E-state index contributed by atoms with van der Waals surface area (Å²) < 4.78 is 0. The molecule has 1 saturated heterocycles. The SMILES string of the molecule is CN1CCCN(C(=O)C2CCCC(CN)C2)CC1=O. The molecule has 2 atom stereocenters. The van der Waals surface area contributed by atoms with E-state index >= 15 is 0 Å². The summed E-state index contributed by atoms with van der Waals surface area (Å²) in [4.78, 5) is 27.9. The molecule has 0 aromatic carbocycles. The van der Waals surface area contributed by atoms with E-state index in [1.807, 2.05) is 0 Å². The molecule has 0 radical (unpaired) electrons. The van der Waals surface area contributed by atoms with E-state index in [9.17, 15) is 9.59 Å². The Bertz CT molecular complexity index is 346. The van der Waals surface area contributed by atoms with Crippen LogP contribution < -0.4 is 5.73 Å². The number of amides is 2. The molecule has 19 heavy (non-hydrogen) atoms. The third kappa shape index (κ3) is 3.47. The zero-order valence-corrected chi connectivity index (χ0v) is 11.8. The minimum atomic E-state index is 0.0528. The fourth-order valence-electron chi connectivity index (χ4n) is 3.16. The maximum absolute atomic E-state index is 12.5. The normalized spacial score (nSPS) is 29.3. The summed E-state index contributed by atoms with van der Waals surface area (Å²) in [5.74, 6) is 0.783. The number of carbonyl (C=O) groups is 2. The van der Waals surface area contributed by atoms with E-state index in [0.717, 1.165) is 38.6 Å². The Morgan fingerprint density at radius 2 is 2.11 bits per heavy atom. The van der Waals surface area contributed by atoms with Gasteiger partial charge in [-0.15, -0.1) is 0 Å². The molecule has 0 aromatic heterocycles. The average molecular weight is 267 g/mol. The number of likely N-dealkylation sites (N-methyl/N-ethyl adjacent to an activating group) is 1. The molecule has 2 aliphatic rings. The van der Waals surface area contributed by atoms with Crippen molar-refractivity contribution in [2.24, 2.45) is 17.6 Å². The van der Waals surface area contributed by atoms with Gasteiger partial charge in [0, 0.05) is 26.1 Å². The Hall–Kier alpha value is -1.10. The van der Waals surface area contributed by atoms with E-state index in [-0.39, 0.29) is 24.3 Å². The van der Waals surface area contributed by atoms with Crippen LogP contribution in [-0.2, 0) is 9.59 Å². The molecular weight excluding hydrogens is 242 g/mol. The molecule has 0 spiro atoms. The predicted octanol–water partition coefficient (Wildman–Crippen LogP) is 0.442. The standard InChI is InChI=1S/C14H25N3O2/c1-16-6-3-7-17(10-13(16)18)14(19)12-5-2-4-11(8-12)9-15/h11-12H,2-10,15H2,1H3. The third-order valence-corrected chi connectivity index (χ3v) is 4.45. The topological polar surface area (TPSA) is 66.6 Å². The van der Waals surface area contributed by atoms with Crippen LogP contribution in [0.25, 0.3) is 0 Å². The van der Waals surface area contributed by atoms with E-state index in [1.165, 1.54) is 0 Å². The van der Waals surface area contributed by atoms with Crippen molar-refractivity contribution in [2.45, 2.75) is 32.1 Å². The zero-order valence-electron chi connectivity index (χ0n) is 11.8. The molecule has 1 aliphatic heterocycles. The lowest BCUT2D eigenvalue weighted by atomic mass is 9.80. The summed E-state index contributed by atoms with van der Waals surface area (Å²) in [7, 11) is 1.81. The van der Waals surface area contributed by atoms with Crippen molar-refractivity contribution in [3.05, 3.63) is 0 Å². The van der Waals surface area contributed by atoms with Crippen molar-refractivity contribution in [3.63, 3.8) is 0 Å². The smallest absolute Gasteiger partial charge is 0.241 e. The number of carbonyl (C=O) groups excluding carboxylic acids is 2. The second-order valence-corrected chi connectivity index (χ2v) is 5.89. The van der Waals surface area contributed by atoms with E-state index in [1.54, 1.807) is 16.8 Å². The van der Waals surface area contributed by atoms with Crippen molar-refractivity contribution in [1.29, 1.82) is 0 Å². The van der Waals surface area contributed by atoms with Gasteiger partial charge in [-0.2, -0.15) is 0 Å². The van der Waals surface area contributed by atoms with E-state index in [2.05, 4.69) is 0 Å². The van der Waals surface area contributed by atoms with Gasteiger partial charge in [0.2, 0.25) is 11.8 Å². The molecule has 1 aliphatic carbocycles. The summed E-state index contributed by atoms with van der Waals surface area (Å²) in [6.45, 7) is 2.38. The van der Waals surface area contributed by atoms with Gasteiger partial charge in [-0.25, -0.2) is 0 Å². The summed E-state index contributed by atoms with van der Waals surface area (Å²) in [6.07, 6.45) is 4.95. The number of hydrogen-bond donors (Lipinski definition) is 1. The van der Waals surface area contributed by atoms with Crippen LogP contribution in [0, 0.1) is 11.8 Å². The number of nitrogens with two attached hydrogens (primary N) is 1. The lowest BCUT2D eigenvalue weighted by Crippen LogP contribution is -2.42. The van der Waals surface area contributed by atoms with Crippen LogP contribution >= 0.6 is 0 Å². The Kier molecular flexibility index (Phi) is 4.80. The van der Waals surface area contributed by atoms with Gasteiger partial charge in [0.1, 0.15) is 0 Å². The van der Waals surface area contributed by atoms with Crippen molar-refractivity contribution in [3.8, 4) is 0 Å². The molecule has 5 heteroatoms. The molecule has 0 aromatic rings. The van der Waals surface area contributed by atoms with Crippen molar-refractivity contribution >= 4 is 11.8 Å². The first kappa shape index (κ1) is 14.3. The van der Waals surface area contributed by atoms with Crippen LogP contribution in [0.1, 0.15) is 32.1 Å². The van der Waals surface area contributed by atoms with Crippen molar-refractivity contribution < 1.29 is 9.59 Å². The second-order valence-electron chi connectivity index (χ2n) is 5.89. The maximum atomic E-state index is 12.5. The highest BCUT2D eigenvalue weighted by Gasteiger charge is 2.31. The van der Waals surface area contributed by atoms with Gasteiger partial charge in [-0.05, 0) is 38.1 Å². The Morgan fingerprint density at radius 1 is 1.32 bits per heavy atom. The van der Waals surface area contributed by atoms with Gasteiger partial charge in [0.15, 0.2) is 0 Å². The van der Waals surface area contributed by atoms with Crippen LogP contribution in [0.2, 0.25) is 0 Å². The number of rotatable bonds is 2. The second kappa shape index (κ2) is 6.37. The van der Waals surface area contributed by atoms with Gasteiger partial charge < -0.3 is 15.5 Å². The lowest BCUT2D eigenvalue weighted by Gasteiger charge is -2.31. The molecule has 2 N–H and O–H groups in total. The summed E-state index contributed by atoms with van der Waals surface area (Å²) in [5.41, 5.74) is 5.72. The first-order valence-electron chi connectivity index (χ1n) is 7.34. The van der Waals surface area contributed by atoms with Crippen LogP contribution in [0.3, 0.4) is 0 Å². The fraction of sp³-hybridized carbons (Fsp3) is 0.857. The van der Waals surface area contributed by atoms with Crippen LogP contribution in [-0.4, -0.2) is 54.8 Å². The minimum absolute atomic E-state index is 0.0528. The van der Waals surface area contributed by atoms with Gasteiger partial charge in [0.25, 0.3) is 0 Å². The Labute approximate surface area is 115 Å². The fourth-order valence-corrected chi connectivity index (χ4v) is 3.16. The molecule has 2 fully saturated rings. The lowest BCUT2D eigenvalue weighted by molar-refractivity contribution is -0.141. The van der Waals surface area contributed by atoms with Gasteiger partial charge in [-0.3, -0.25) is 9.59 Å². The number of nitrogens with zero attached hydrogens (tertiary/aromatic N) is 2. The monoisotopic (exact) mass is 267 g/mol. The maximum Gasteiger partial charge on any atom is 0.241 e. The highest BCUT2D eigenvalue weighted by Crippen LogP contribution is 2.30. The molecular formula is C14H25N3O2. The Morgan fingerprint density at radius 3 is 2.84 bits per heavy atom. The predicted molar refractivity (Wildman–Crippen MR) is 73.3 cm³/mol. The Balaban J connectivity index is 1.96. The van der Waals surface area contributed by atoms with Gasteiger partial charge in [-0.1, -0.05) is 6.42 Å². The minimum Gasteiger partial charge on any atom is -0.344 e. The molecule has 0 bridgehead atoms. The van der Waals surface area contributed by atoms with Gasteiger partial charge in [0.05, 0.1) is 6.54 Å². The third-order valence-electron chi connectivity index (χ3n) is 4.45. The average Bonchev–Trinajstić information content (AvgIpc) is 2.60. The van der Waals surface area contributed by atoms with Gasteiger partial charge >= 0.3 is 0 Å². The van der Waals surface area contributed by atoms with E-state index in [0.29, 0.717) is 19.0 Å². The largest absolute Gasteiger partial charge is 0.344 e. The summed E-state index contributed by atoms with van der Waals surface area (Å²) >= 11 is 0. The van der Waals surface area contributed by atoms with Crippen molar-refractivity contribution in [2.75, 3.05) is 33.2 Å². The van der Waals surface area contributed by atoms with Crippen LogP contribution in [0.4, 0.5) is 0 Å². The molecule has 1 saturated carbocycles. The van der Waals surface area contributed by atoms with Crippen LogP contribution in [0.5, 0.6) is 0 Å². The highest BCUT2D eigenvalue weighted by atomic mass is 16.2. The van der Waals surface area contributed by atoms with Crippen LogP contribution in [0.15, 0.2) is 0 Å². The molecule has 5 nitrogen and oxygen atoms in total.